The molecule has 2 aromatic rings. The van der Waals surface area contributed by atoms with Crippen LogP contribution in [0.15, 0.2) is 48.5 Å². The molecule has 2 aromatic carbocycles. The smallest absolute Gasteiger partial charge is 0.325 e. The molecule has 2 aliphatic rings. The Morgan fingerprint density at radius 2 is 1.68 bits per heavy atom. The van der Waals surface area contributed by atoms with Gasteiger partial charge in [-0.15, -0.1) is 0 Å². The number of nitrogens with zero attached hydrogens (tertiary/aromatic N) is 3. The largest absolute Gasteiger partial charge is 0.465 e. The molecule has 0 atom stereocenters. The molecule has 1 saturated heterocycles. The van der Waals surface area contributed by atoms with Crippen LogP contribution in [0.1, 0.15) is 35.7 Å². The summed E-state index contributed by atoms with van der Waals surface area (Å²) >= 11 is 0. The number of para-hydroxylation sites is 1. The number of benzene rings is 2. The Balaban J connectivity index is 1.58. The van der Waals surface area contributed by atoms with Gasteiger partial charge in [0.05, 0.1) is 6.61 Å². The van der Waals surface area contributed by atoms with Gasteiger partial charge in [0.25, 0.3) is 5.91 Å². The fourth-order valence-corrected chi connectivity index (χ4v) is 4.16. The van der Waals surface area contributed by atoms with E-state index in [2.05, 4.69) is 4.90 Å². The molecule has 0 aromatic heterocycles. The second-order valence-corrected chi connectivity index (χ2v) is 7.82. The van der Waals surface area contributed by atoms with Gasteiger partial charge in [-0.1, -0.05) is 18.2 Å². The molecule has 0 aliphatic carbocycles. The van der Waals surface area contributed by atoms with Gasteiger partial charge >= 0.3 is 5.97 Å². The van der Waals surface area contributed by atoms with E-state index in [0.717, 1.165) is 24.3 Å². The second-order valence-electron chi connectivity index (χ2n) is 7.82. The lowest BCUT2D eigenvalue weighted by Crippen LogP contribution is -2.42. The zero-order valence-corrected chi connectivity index (χ0v) is 17.8. The fraction of sp³-hybridized carbons (Fsp3) is 0.375. The molecule has 1 fully saturated rings. The monoisotopic (exact) mass is 421 g/mol. The van der Waals surface area contributed by atoms with Crippen molar-refractivity contribution in [3.05, 3.63) is 59.7 Å². The van der Waals surface area contributed by atoms with Crippen molar-refractivity contribution in [2.24, 2.45) is 0 Å². The molecular weight excluding hydrogens is 394 g/mol. The first-order chi connectivity index (χ1) is 15.1. The lowest BCUT2D eigenvalue weighted by molar-refractivity contribution is -0.148. The van der Waals surface area contributed by atoms with Crippen LogP contribution in [0.4, 0.5) is 11.4 Å². The summed E-state index contributed by atoms with van der Waals surface area (Å²) in [5, 5.41) is 0. The first kappa shape index (κ1) is 20.9. The van der Waals surface area contributed by atoms with Gasteiger partial charge in [0.2, 0.25) is 5.91 Å². The van der Waals surface area contributed by atoms with Crippen LogP contribution in [0.2, 0.25) is 0 Å². The maximum Gasteiger partial charge on any atom is 0.325 e. The van der Waals surface area contributed by atoms with Crippen molar-refractivity contribution in [1.82, 2.24) is 4.90 Å². The number of carbonyl (C=O) groups excluding carboxylic acids is 3. The Bertz CT molecular complexity index is 967. The highest BCUT2D eigenvalue weighted by Gasteiger charge is 2.30. The molecule has 7 nitrogen and oxygen atoms in total. The van der Waals surface area contributed by atoms with Crippen LogP contribution >= 0.6 is 0 Å². The molecule has 2 aliphatic heterocycles. The molecule has 0 N–H and O–H groups in total. The molecule has 0 radical (unpaired) electrons. The van der Waals surface area contributed by atoms with E-state index < -0.39 is 5.97 Å². The van der Waals surface area contributed by atoms with Gasteiger partial charge in [-0.2, -0.15) is 0 Å². The molecule has 0 saturated carbocycles. The molecule has 2 amide bonds. The van der Waals surface area contributed by atoms with Crippen LogP contribution < -0.4 is 9.80 Å². The van der Waals surface area contributed by atoms with E-state index in [1.54, 1.807) is 6.92 Å². The van der Waals surface area contributed by atoms with E-state index in [0.29, 0.717) is 11.3 Å². The predicted molar refractivity (Wildman–Crippen MR) is 118 cm³/mol. The van der Waals surface area contributed by atoms with E-state index >= 15 is 0 Å². The third kappa shape index (κ3) is 4.55. The minimum Gasteiger partial charge on any atom is -0.465 e. The van der Waals surface area contributed by atoms with Crippen molar-refractivity contribution in [3.63, 3.8) is 0 Å². The minimum atomic E-state index is -0.453. The SMILES string of the molecule is CCOC(=O)CN1Cc2ccccc2N(C(=O)c2ccc(N3CCCC3)cc2)CC1=O. The number of ether oxygens (including phenoxy) is 1. The number of fused-ring (bicyclic) bond motifs is 1. The van der Waals surface area contributed by atoms with Crippen LogP contribution in [0.3, 0.4) is 0 Å². The highest BCUT2D eigenvalue weighted by atomic mass is 16.5. The summed E-state index contributed by atoms with van der Waals surface area (Å²) < 4.78 is 5.00. The first-order valence-electron chi connectivity index (χ1n) is 10.7. The molecule has 0 spiro atoms. The molecule has 0 bridgehead atoms. The summed E-state index contributed by atoms with van der Waals surface area (Å²) in [4.78, 5) is 43.5. The maximum absolute atomic E-state index is 13.4. The number of rotatable bonds is 5. The topological polar surface area (TPSA) is 70.2 Å². The van der Waals surface area contributed by atoms with E-state index in [-0.39, 0.29) is 38.1 Å². The average molecular weight is 421 g/mol. The molecular formula is C24H27N3O4. The number of carbonyl (C=O) groups is 3. The molecule has 7 heteroatoms. The molecule has 2 heterocycles. The average Bonchev–Trinajstić information content (AvgIpc) is 3.28. The van der Waals surface area contributed by atoms with Crippen molar-refractivity contribution in [3.8, 4) is 0 Å². The van der Waals surface area contributed by atoms with Crippen molar-refractivity contribution >= 4 is 29.2 Å². The van der Waals surface area contributed by atoms with E-state index in [9.17, 15) is 14.4 Å². The Morgan fingerprint density at radius 1 is 0.968 bits per heavy atom. The number of hydrogen-bond donors (Lipinski definition) is 0. The zero-order chi connectivity index (χ0) is 21.8. The van der Waals surface area contributed by atoms with Crippen LogP contribution in [0.5, 0.6) is 0 Å². The summed E-state index contributed by atoms with van der Waals surface area (Å²) in [6, 6.07) is 15.0. The molecule has 4 rings (SSSR count). The summed E-state index contributed by atoms with van der Waals surface area (Å²) in [7, 11) is 0. The highest BCUT2D eigenvalue weighted by molar-refractivity contribution is 6.09. The van der Waals surface area contributed by atoms with E-state index in [1.165, 1.54) is 22.6 Å². The Hall–Kier alpha value is -3.35. The summed E-state index contributed by atoms with van der Waals surface area (Å²) in [6.07, 6.45) is 2.38. The lowest BCUT2D eigenvalue weighted by Gasteiger charge is -2.23. The summed E-state index contributed by atoms with van der Waals surface area (Å²) in [6.45, 7) is 4.07. The third-order valence-corrected chi connectivity index (χ3v) is 5.75. The summed E-state index contributed by atoms with van der Waals surface area (Å²) in [5.41, 5.74) is 3.15. The predicted octanol–water partition coefficient (Wildman–Crippen LogP) is 2.84. The quantitative estimate of drug-likeness (QED) is 0.695. The lowest BCUT2D eigenvalue weighted by atomic mass is 10.1. The van der Waals surface area contributed by atoms with Crippen molar-refractivity contribution in [2.75, 3.05) is 42.6 Å². The number of anilines is 2. The van der Waals surface area contributed by atoms with Gasteiger partial charge in [0, 0.05) is 36.6 Å². The second kappa shape index (κ2) is 9.20. The van der Waals surface area contributed by atoms with Gasteiger partial charge in [-0.05, 0) is 55.7 Å². The highest BCUT2D eigenvalue weighted by Crippen LogP contribution is 2.28. The van der Waals surface area contributed by atoms with Crippen LogP contribution in [-0.2, 0) is 20.9 Å². The number of hydrogen-bond acceptors (Lipinski definition) is 5. The van der Waals surface area contributed by atoms with Gasteiger partial charge in [-0.25, -0.2) is 0 Å². The van der Waals surface area contributed by atoms with Crippen LogP contribution in [0, 0.1) is 0 Å². The van der Waals surface area contributed by atoms with Crippen molar-refractivity contribution < 1.29 is 19.1 Å². The number of esters is 1. The van der Waals surface area contributed by atoms with E-state index in [1.807, 2.05) is 48.5 Å². The van der Waals surface area contributed by atoms with E-state index in [4.69, 9.17) is 4.74 Å². The van der Waals surface area contributed by atoms with Crippen molar-refractivity contribution in [2.45, 2.75) is 26.3 Å². The first-order valence-corrected chi connectivity index (χ1v) is 10.7. The fourth-order valence-electron chi connectivity index (χ4n) is 4.16. The van der Waals surface area contributed by atoms with Crippen LogP contribution in [-0.4, -0.2) is 55.5 Å². The van der Waals surface area contributed by atoms with Gasteiger partial charge < -0.3 is 14.5 Å². The Kier molecular flexibility index (Phi) is 6.21. The Labute approximate surface area is 182 Å². The zero-order valence-electron chi connectivity index (χ0n) is 17.8. The Morgan fingerprint density at radius 3 is 2.39 bits per heavy atom. The maximum atomic E-state index is 13.4. The minimum absolute atomic E-state index is 0.122. The van der Waals surface area contributed by atoms with Crippen molar-refractivity contribution in [1.29, 1.82) is 0 Å². The summed E-state index contributed by atoms with van der Waals surface area (Å²) in [5.74, 6) is -0.969. The van der Waals surface area contributed by atoms with Gasteiger partial charge in [-0.3, -0.25) is 19.3 Å². The van der Waals surface area contributed by atoms with Gasteiger partial charge in [0.1, 0.15) is 13.1 Å². The van der Waals surface area contributed by atoms with Gasteiger partial charge in [0.15, 0.2) is 0 Å². The third-order valence-electron chi connectivity index (χ3n) is 5.75. The molecule has 31 heavy (non-hydrogen) atoms. The standard InChI is InChI=1S/C24H27N3O4/c1-2-31-23(29)17-26-15-19-7-3-4-8-21(19)27(16-22(26)28)24(30)18-9-11-20(12-10-18)25-13-5-6-14-25/h3-4,7-12H,2,5-6,13-17H2,1H3. The number of amides is 2. The van der Waals surface area contributed by atoms with Crippen LogP contribution in [0.25, 0.3) is 0 Å². The molecule has 0 unspecified atom stereocenters. The normalized spacial score (nSPS) is 16.2. The molecule has 162 valence electrons.